The minimum Gasteiger partial charge on any atom is -0.378 e. The molecule has 3 heterocycles. The Labute approximate surface area is 135 Å². The van der Waals surface area contributed by atoms with Gasteiger partial charge >= 0.3 is 0 Å². The Bertz CT molecular complexity index is 824. The van der Waals surface area contributed by atoms with E-state index in [0.29, 0.717) is 0 Å². The van der Waals surface area contributed by atoms with Crippen LogP contribution in [-0.4, -0.2) is 36.3 Å². The van der Waals surface area contributed by atoms with Gasteiger partial charge < -0.3 is 9.64 Å². The molecule has 1 aromatic carbocycles. The summed E-state index contributed by atoms with van der Waals surface area (Å²) in [6.07, 6.45) is 1.92. The fourth-order valence-corrected chi connectivity index (χ4v) is 3.01. The van der Waals surface area contributed by atoms with E-state index in [1.165, 1.54) is 10.9 Å². The van der Waals surface area contributed by atoms with Crippen LogP contribution in [0.2, 0.25) is 0 Å². The fraction of sp³-hybridized carbons (Fsp3) is 0.263. The molecule has 0 spiro atoms. The molecule has 2 aromatic heterocycles. The number of anilines is 1. The lowest BCUT2D eigenvalue weighted by Gasteiger charge is -2.27. The second-order valence-electron chi connectivity index (χ2n) is 5.85. The van der Waals surface area contributed by atoms with Crippen molar-refractivity contribution in [2.75, 3.05) is 31.2 Å². The number of rotatable bonds is 2. The number of aromatic nitrogens is 2. The van der Waals surface area contributed by atoms with Crippen LogP contribution < -0.4 is 4.90 Å². The molecule has 1 aliphatic heterocycles. The molecule has 4 heteroatoms. The summed E-state index contributed by atoms with van der Waals surface area (Å²) in [5.41, 5.74) is 4.29. The van der Waals surface area contributed by atoms with Crippen molar-refractivity contribution in [3.05, 3.63) is 54.2 Å². The maximum atomic E-state index is 5.39. The first-order chi connectivity index (χ1) is 11.3. The fourth-order valence-electron chi connectivity index (χ4n) is 3.01. The summed E-state index contributed by atoms with van der Waals surface area (Å²) >= 11 is 0. The van der Waals surface area contributed by atoms with Crippen molar-refractivity contribution in [1.29, 1.82) is 0 Å². The lowest BCUT2D eigenvalue weighted by Crippen LogP contribution is -2.36. The summed E-state index contributed by atoms with van der Waals surface area (Å²) in [7, 11) is 0. The lowest BCUT2D eigenvalue weighted by atomic mass is 10.1. The minimum absolute atomic E-state index is 0.773. The Morgan fingerprint density at radius 3 is 2.65 bits per heavy atom. The summed E-state index contributed by atoms with van der Waals surface area (Å²) in [6, 6.07) is 14.6. The van der Waals surface area contributed by atoms with Gasteiger partial charge in [-0.3, -0.25) is 0 Å². The van der Waals surface area contributed by atoms with Gasteiger partial charge in [0.1, 0.15) is 5.82 Å². The Hall–Kier alpha value is -2.46. The number of benzene rings is 1. The van der Waals surface area contributed by atoms with E-state index in [1.54, 1.807) is 0 Å². The molecule has 0 amide bonds. The van der Waals surface area contributed by atoms with E-state index in [0.717, 1.165) is 48.9 Å². The molecule has 23 heavy (non-hydrogen) atoms. The largest absolute Gasteiger partial charge is 0.378 e. The van der Waals surface area contributed by atoms with Crippen LogP contribution in [-0.2, 0) is 4.74 Å². The van der Waals surface area contributed by atoms with Gasteiger partial charge in [-0.15, -0.1) is 0 Å². The number of para-hydroxylation sites is 1. The highest BCUT2D eigenvalue weighted by atomic mass is 16.5. The van der Waals surface area contributed by atoms with Gasteiger partial charge in [0.05, 0.1) is 24.4 Å². The van der Waals surface area contributed by atoms with Crippen molar-refractivity contribution in [1.82, 2.24) is 9.97 Å². The Morgan fingerprint density at radius 2 is 1.87 bits per heavy atom. The topological polar surface area (TPSA) is 38.2 Å². The minimum atomic E-state index is 0.773. The third kappa shape index (κ3) is 2.78. The van der Waals surface area contributed by atoms with Crippen LogP contribution in [0.25, 0.3) is 22.2 Å². The molecule has 3 aromatic rings. The molecule has 1 aliphatic rings. The Balaban J connectivity index is 1.67. The van der Waals surface area contributed by atoms with E-state index in [-0.39, 0.29) is 0 Å². The van der Waals surface area contributed by atoms with Gasteiger partial charge in [0.2, 0.25) is 0 Å². The molecule has 0 unspecified atom stereocenters. The maximum Gasteiger partial charge on any atom is 0.128 e. The number of hydrogen-bond acceptors (Lipinski definition) is 4. The zero-order valence-corrected chi connectivity index (χ0v) is 13.2. The first-order valence-corrected chi connectivity index (χ1v) is 7.97. The van der Waals surface area contributed by atoms with Crippen LogP contribution in [0, 0.1) is 6.92 Å². The van der Waals surface area contributed by atoms with Gasteiger partial charge in [-0.2, -0.15) is 0 Å². The molecule has 1 saturated heterocycles. The predicted molar refractivity (Wildman–Crippen MR) is 92.7 cm³/mol. The van der Waals surface area contributed by atoms with Gasteiger partial charge in [0, 0.05) is 30.2 Å². The molecule has 1 fully saturated rings. The van der Waals surface area contributed by atoms with Crippen LogP contribution in [0.4, 0.5) is 5.82 Å². The lowest BCUT2D eigenvalue weighted by molar-refractivity contribution is 0.122. The van der Waals surface area contributed by atoms with Crippen molar-refractivity contribution in [2.45, 2.75) is 6.92 Å². The van der Waals surface area contributed by atoms with E-state index < -0.39 is 0 Å². The average Bonchev–Trinajstić information content (AvgIpc) is 2.63. The molecule has 4 rings (SSSR count). The van der Waals surface area contributed by atoms with E-state index in [2.05, 4.69) is 53.2 Å². The molecule has 0 atom stereocenters. The Kier molecular flexibility index (Phi) is 3.67. The van der Waals surface area contributed by atoms with Gasteiger partial charge in [-0.25, -0.2) is 9.97 Å². The first-order valence-electron chi connectivity index (χ1n) is 7.97. The van der Waals surface area contributed by atoms with E-state index in [4.69, 9.17) is 9.72 Å². The predicted octanol–water partition coefficient (Wildman–Crippen LogP) is 3.44. The summed E-state index contributed by atoms with van der Waals surface area (Å²) in [4.78, 5) is 11.7. The number of morpholine rings is 1. The van der Waals surface area contributed by atoms with Gasteiger partial charge in [-0.05, 0) is 36.8 Å². The number of pyridine rings is 2. The highest BCUT2D eigenvalue weighted by Gasteiger charge is 2.12. The zero-order valence-electron chi connectivity index (χ0n) is 13.2. The quantitative estimate of drug-likeness (QED) is 0.727. The molecular weight excluding hydrogens is 286 g/mol. The standard InChI is InChI=1S/C19H19N3O/c1-14-12-18(21-17-5-3-2-4-16(14)17)15-6-7-19(20-13-15)22-8-10-23-11-9-22/h2-7,12-13H,8-11H2,1H3. The molecule has 4 nitrogen and oxygen atoms in total. The highest BCUT2D eigenvalue weighted by molar-refractivity contribution is 5.84. The smallest absolute Gasteiger partial charge is 0.128 e. The summed E-state index contributed by atoms with van der Waals surface area (Å²) in [6.45, 7) is 5.48. The van der Waals surface area contributed by atoms with E-state index >= 15 is 0 Å². The molecule has 0 aliphatic carbocycles. The summed E-state index contributed by atoms with van der Waals surface area (Å²) in [5, 5.41) is 1.20. The molecular formula is C19H19N3O. The van der Waals surface area contributed by atoms with Crippen molar-refractivity contribution in [2.24, 2.45) is 0 Å². The molecule has 0 N–H and O–H groups in total. The van der Waals surface area contributed by atoms with Crippen molar-refractivity contribution < 1.29 is 4.74 Å². The number of fused-ring (bicyclic) bond motifs is 1. The summed E-state index contributed by atoms with van der Waals surface area (Å²) < 4.78 is 5.39. The number of aryl methyl sites for hydroxylation is 1. The molecule has 0 radical (unpaired) electrons. The van der Waals surface area contributed by atoms with Crippen molar-refractivity contribution in [3.8, 4) is 11.3 Å². The zero-order chi connectivity index (χ0) is 15.6. The SMILES string of the molecule is Cc1cc(-c2ccc(N3CCOCC3)nc2)nc2ccccc12. The van der Waals surface area contributed by atoms with Crippen LogP contribution in [0.15, 0.2) is 48.7 Å². The second-order valence-corrected chi connectivity index (χ2v) is 5.85. The highest BCUT2D eigenvalue weighted by Crippen LogP contribution is 2.25. The molecule has 0 saturated carbocycles. The molecule has 116 valence electrons. The number of hydrogen-bond donors (Lipinski definition) is 0. The van der Waals surface area contributed by atoms with Gasteiger partial charge in [0.15, 0.2) is 0 Å². The van der Waals surface area contributed by atoms with E-state index in [9.17, 15) is 0 Å². The maximum absolute atomic E-state index is 5.39. The van der Waals surface area contributed by atoms with E-state index in [1.807, 2.05) is 12.3 Å². The van der Waals surface area contributed by atoms with Crippen LogP contribution in [0.5, 0.6) is 0 Å². The second kappa shape index (κ2) is 5.97. The monoisotopic (exact) mass is 305 g/mol. The van der Waals surface area contributed by atoms with Gasteiger partial charge in [-0.1, -0.05) is 18.2 Å². The third-order valence-corrected chi connectivity index (χ3v) is 4.30. The molecule has 0 bridgehead atoms. The first kappa shape index (κ1) is 14.2. The van der Waals surface area contributed by atoms with Crippen LogP contribution in [0.1, 0.15) is 5.56 Å². The number of nitrogens with zero attached hydrogens (tertiary/aromatic N) is 3. The Morgan fingerprint density at radius 1 is 1.04 bits per heavy atom. The number of ether oxygens (including phenoxy) is 1. The van der Waals surface area contributed by atoms with Crippen molar-refractivity contribution >= 4 is 16.7 Å². The normalized spacial score (nSPS) is 15.1. The van der Waals surface area contributed by atoms with Crippen LogP contribution in [0.3, 0.4) is 0 Å². The van der Waals surface area contributed by atoms with Crippen molar-refractivity contribution in [3.63, 3.8) is 0 Å². The third-order valence-electron chi connectivity index (χ3n) is 4.30. The van der Waals surface area contributed by atoms with Gasteiger partial charge in [0.25, 0.3) is 0 Å². The average molecular weight is 305 g/mol. The van der Waals surface area contributed by atoms with Crippen LogP contribution >= 0.6 is 0 Å². The summed E-state index contributed by atoms with van der Waals surface area (Å²) in [5.74, 6) is 1.01.